The van der Waals surface area contributed by atoms with Gasteiger partial charge >= 0.3 is 6.09 Å². The third kappa shape index (κ3) is 2.48. The van der Waals surface area contributed by atoms with Gasteiger partial charge in [0.2, 0.25) is 0 Å². The summed E-state index contributed by atoms with van der Waals surface area (Å²) in [5.41, 5.74) is -2.59. The van der Waals surface area contributed by atoms with Crippen molar-refractivity contribution in [2.75, 3.05) is 0 Å². The number of alkyl halides is 1. The number of fused-ring (bicyclic) bond motifs is 1. The fourth-order valence-electron chi connectivity index (χ4n) is 1.33. The molecule has 0 N–H and O–H groups in total. The van der Waals surface area contributed by atoms with Crippen LogP contribution in [0.3, 0.4) is 0 Å². The molecule has 18 heavy (non-hydrogen) atoms. The van der Waals surface area contributed by atoms with Gasteiger partial charge in [0.15, 0.2) is 0 Å². The molecular weight excluding hydrogens is 252 g/mol. The lowest BCUT2D eigenvalue weighted by atomic mass is 10.2. The maximum Gasteiger partial charge on any atom is 0.420 e. The normalized spacial score (nSPS) is 14.9. The minimum Gasteiger partial charge on any atom is -0.441 e. The summed E-state index contributed by atoms with van der Waals surface area (Å²) in [6.45, 7) is 15.6. The van der Waals surface area contributed by atoms with Gasteiger partial charge in [-0.25, -0.2) is 14.3 Å². The average molecular weight is 265 g/mol. The van der Waals surface area contributed by atoms with Crippen molar-refractivity contribution in [1.29, 1.82) is 0 Å². The average Bonchev–Trinajstić information content (AvgIpc) is 2.80. The summed E-state index contributed by atoms with van der Waals surface area (Å²) in [5.74, 6) is -0.311. The van der Waals surface area contributed by atoms with Crippen LogP contribution in [-0.2, 0) is 10.6 Å². The summed E-state index contributed by atoms with van der Waals surface area (Å²) in [7, 11) is 0. The summed E-state index contributed by atoms with van der Waals surface area (Å²) in [6.07, 6.45) is -1.16. The number of halogens is 1. The number of imidazole rings is 1. The molecule has 4 nitrogen and oxygen atoms in total. The number of para-hydroxylation sites is 2. The Balaban J connectivity index is 2.81. The van der Waals surface area contributed by atoms with E-state index in [1.54, 1.807) is 0 Å². The van der Waals surface area contributed by atoms with Crippen molar-refractivity contribution in [3.05, 3.63) is 50.8 Å². The highest BCUT2D eigenvalue weighted by Crippen LogP contribution is 2.19. The molecule has 90 valence electrons. The molecule has 0 saturated carbocycles. The number of rotatable bonds is 2. The lowest BCUT2D eigenvalue weighted by molar-refractivity contribution is 0.102. The molecule has 0 spiro atoms. The number of nitrogens with zero attached hydrogens (tertiary/aromatic N) is 2. The zero-order chi connectivity index (χ0) is 16.8. The molecule has 2 aromatic rings. The largest absolute Gasteiger partial charge is 0.441 e. The first-order chi connectivity index (χ1) is 10.1. The van der Waals surface area contributed by atoms with Crippen LogP contribution in [-0.4, -0.2) is 21.2 Å². The summed E-state index contributed by atoms with van der Waals surface area (Å²) < 4.78 is 36.3. The third-order valence-corrected chi connectivity index (χ3v) is 2.18. The highest BCUT2D eigenvalue weighted by atomic mass is 35.5. The van der Waals surface area contributed by atoms with Crippen molar-refractivity contribution < 1.29 is 15.0 Å². The summed E-state index contributed by atoms with van der Waals surface area (Å²) >= 11 is 5.70. The van der Waals surface area contributed by atoms with Crippen LogP contribution < -0.4 is 0 Å². The Hall–Kier alpha value is -1.55. The number of hydrogen-bond donors (Lipinski definition) is 0. The Morgan fingerprint density at radius 1 is 1.50 bits per heavy atom. The standard InChI is InChI=1S/C13H9ClN2O2/c1-13(2,3)18-12(17)16-10-7-5-4-6-9(10)15-11(16)8-14/h1-7H,8H2/i4D,5D,6D,7D. The Morgan fingerprint density at radius 3 is 2.78 bits per heavy atom. The van der Waals surface area contributed by atoms with Crippen LogP contribution in [0.15, 0.2) is 24.2 Å². The van der Waals surface area contributed by atoms with E-state index in [0.717, 1.165) is 4.57 Å². The van der Waals surface area contributed by atoms with Crippen molar-refractivity contribution >= 4 is 28.7 Å². The number of ether oxygens (including phenoxy) is 1. The van der Waals surface area contributed by atoms with Crippen LogP contribution in [0.4, 0.5) is 4.79 Å². The first-order valence-electron chi connectivity index (χ1n) is 6.72. The molecule has 0 aliphatic carbocycles. The van der Waals surface area contributed by atoms with E-state index >= 15 is 0 Å². The van der Waals surface area contributed by atoms with Crippen molar-refractivity contribution in [3.8, 4) is 0 Å². The highest BCUT2D eigenvalue weighted by Gasteiger charge is 2.23. The molecule has 0 saturated heterocycles. The Labute approximate surface area is 116 Å². The second-order valence-corrected chi connectivity index (χ2v) is 3.68. The van der Waals surface area contributed by atoms with Gasteiger partial charge in [0, 0.05) is 20.8 Å². The van der Waals surface area contributed by atoms with Crippen molar-refractivity contribution in [1.82, 2.24) is 9.55 Å². The van der Waals surface area contributed by atoms with Gasteiger partial charge in [-0.05, 0) is 12.1 Å². The molecule has 6 radical (unpaired) electrons. The third-order valence-electron chi connectivity index (χ3n) is 1.94. The fourth-order valence-corrected chi connectivity index (χ4v) is 1.51. The SMILES string of the molecule is [2H]c1c([2H])c([2H])c2c(nc(CCl)n2C(=O)OC([CH])([CH])[CH])c1[2H]. The molecule has 1 aromatic carbocycles. The molecule has 0 atom stereocenters. The number of carbonyl (C=O) groups is 1. The van der Waals surface area contributed by atoms with E-state index in [2.05, 4.69) is 9.72 Å². The smallest absolute Gasteiger partial charge is 0.420 e. The van der Waals surface area contributed by atoms with E-state index in [1.165, 1.54) is 0 Å². The zero-order valence-electron chi connectivity index (χ0n) is 13.0. The number of carbonyl (C=O) groups excluding carboxylic acids is 1. The number of aromatic nitrogens is 2. The van der Waals surface area contributed by atoms with Gasteiger partial charge in [0.25, 0.3) is 0 Å². The van der Waals surface area contributed by atoms with Gasteiger partial charge in [-0.1, -0.05) is 12.1 Å². The van der Waals surface area contributed by atoms with Crippen LogP contribution in [0, 0.1) is 20.8 Å². The van der Waals surface area contributed by atoms with Gasteiger partial charge in [0.1, 0.15) is 11.4 Å². The molecule has 2 rings (SSSR count). The molecule has 0 bridgehead atoms. The predicted molar refractivity (Wildman–Crippen MR) is 66.8 cm³/mol. The molecule has 0 unspecified atom stereocenters. The summed E-state index contributed by atoms with van der Waals surface area (Å²) in [4.78, 5) is 16.1. The molecule has 1 heterocycles. The zero-order valence-corrected chi connectivity index (χ0v) is 9.78. The monoisotopic (exact) mass is 264 g/mol. The van der Waals surface area contributed by atoms with Crippen LogP contribution in [0.1, 0.15) is 11.3 Å². The van der Waals surface area contributed by atoms with E-state index < -0.39 is 35.9 Å². The summed E-state index contributed by atoms with van der Waals surface area (Å²) in [5, 5.41) is 0. The summed E-state index contributed by atoms with van der Waals surface area (Å²) in [6, 6.07) is -1.91. The molecule has 5 heteroatoms. The van der Waals surface area contributed by atoms with Crippen LogP contribution in [0.25, 0.3) is 11.0 Å². The van der Waals surface area contributed by atoms with Gasteiger partial charge in [-0.3, -0.25) is 0 Å². The van der Waals surface area contributed by atoms with E-state index in [4.69, 9.17) is 37.9 Å². The van der Waals surface area contributed by atoms with Gasteiger partial charge in [0.05, 0.1) is 22.4 Å². The Kier molecular flexibility index (Phi) is 2.19. The van der Waals surface area contributed by atoms with E-state index in [1.807, 2.05) is 0 Å². The molecule has 0 fully saturated rings. The quantitative estimate of drug-likeness (QED) is 0.783. The lowest BCUT2D eigenvalue weighted by Crippen LogP contribution is -2.28. The maximum atomic E-state index is 12.1. The van der Waals surface area contributed by atoms with Crippen molar-refractivity contribution in [3.63, 3.8) is 0 Å². The Morgan fingerprint density at radius 2 is 2.17 bits per heavy atom. The van der Waals surface area contributed by atoms with Crippen LogP contribution in [0.5, 0.6) is 0 Å². The highest BCUT2D eigenvalue weighted by molar-refractivity contribution is 6.17. The minimum atomic E-state index is -2.26. The molecular formula is C13H9ClN2O2. The van der Waals surface area contributed by atoms with Crippen molar-refractivity contribution in [2.45, 2.75) is 11.5 Å². The van der Waals surface area contributed by atoms with E-state index in [9.17, 15) is 4.79 Å². The van der Waals surface area contributed by atoms with Crippen LogP contribution >= 0.6 is 11.6 Å². The first-order valence-corrected chi connectivity index (χ1v) is 5.25. The first kappa shape index (κ1) is 8.53. The van der Waals surface area contributed by atoms with Gasteiger partial charge in [-0.2, -0.15) is 0 Å². The minimum absolute atomic E-state index is 0.0575. The maximum absolute atomic E-state index is 12.1. The van der Waals surface area contributed by atoms with E-state index in [-0.39, 0.29) is 22.7 Å². The molecule has 0 aliphatic heterocycles. The molecule has 0 amide bonds. The van der Waals surface area contributed by atoms with Gasteiger partial charge in [-0.15, -0.1) is 11.6 Å². The van der Waals surface area contributed by atoms with Gasteiger partial charge < -0.3 is 4.74 Å². The predicted octanol–water partition coefficient (Wildman–Crippen LogP) is 2.63. The molecule has 1 aromatic heterocycles. The number of benzene rings is 1. The Bertz CT molecular complexity index is 768. The fraction of sp³-hybridized carbons (Fsp3) is 0.154. The second kappa shape index (κ2) is 4.61. The van der Waals surface area contributed by atoms with Crippen LogP contribution in [0.2, 0.25) is 0 Å². The molecule has 0 aliphatic rings. The topological polar surface area (TPSA) is 44.1 Å². The lowest BCUT2D eigenvalue weighted by Gasteiger charge is -2.18. The van der Waals surface area contributed by atoms with Crippen molar-refractivity contribution in [2.24, 2.45) is 0 Å². The second-order valence-electron chi connectivity index (χ2n) is 3.42. The number of hydrogen-bond acceptors (Lipinski definition) is 3. The van der Waals surface area contributed by atoms with E-state index in [0.29, 0.717) is 0 Å².